The first-order chi connectivity index (χ1) is 19.0. The summed E-state index contributed by atoms with van der Waals surface area (Å²) >= 11 is 0. The van der Waals surface area contributed by atoms with Crippen LogP contribution in [0.4, 0.5) is 11.4 Å². The summed E-state index contributed by atoms with van der Waals surface area (Å²) in [4.78, 5) is 39.8. The number of carbonyl (C=O) groups is 1. The normalized spacial score (nSPS) is 15.8. The lowest BCUT2D eigenvalue weighted by molar-refractivity contribution is -0.385. The van der Waals surface area contributed by atoms with Crippen LogP contribution >= 0.6 is 0 Å². The number of aromatic nitrogens is 2. The van der Waals surface area contributed by atoms with Gasteiger partial charge in [0, 0.05) is 34.5 Å². The summed E-state index contributed by atoms with van der Waals surface area (Å²) in [6, 6.07) is 17.6. The van der Waals surface area contributed by atoms with Crippen molar-refractivity contribution in [2.24, 2.45) is 11.0 Å². The van der Waals surface area contributed by atoms with Gasteiger partial charge in [-0.25, -0.2) is 9.69 Å². The zero-order chi connectivity index (χ0) is 28.9. The highest BCUT2D eigenvalue weighted by Gasteiger charge is 2.45. The fourth-order valence-electron chi connectivity index (χ4n) is 5.40. The molecule has 0 bridgehead atoms. The van der Waals surface area contributed by atoms with Gasteiger partial charge in [0.1, 0.15) is 0 Å². The summed E-state index contributed by atoms with van der Waals surface area (Å²) in [5.41, 5.74) is 6.51. The van der Waals surface area contributed by atoms with E-state index in [1.54, 1.807) is 32.0 Å². The first-order valence-electron chi connectivity index (χ1n) is 13.1. The van der Waals surface area contributed by atoms with Gasteiger partial charge in [-0.05, 0) is 88.1 Å². The molecule has 5 rings (SSSR count). The topological polar surface area (TPSA) is 114 Å². The van der Waals surface area contributed by atoms with Gasteiger partial charge in [-0.1, -0.05) is 30.3 Å². The molecule has 0 fully saturated rings. The van der Waals surface area contributed by atoms with Crippen molar-refractivity contribution in [2.75, 3.05) is 5.01 Å². The molecule has 4 aromatic rings. The first kappa shape index (κ1) is 26.8. The molecule has 1 aliphatic rings. The number of nitro groups is 1. The third kappa shape index (κ3) is 4.43. The highest BCUT2D eigenvalue weighted by Crippen LogP contribution is 2.41. The number of hydrogen-bond acceptors (Lipinski definition) is 5. The number of rotatable bonds is 6. The Morgan fingerprint density at radius 3 is 2.08 bits per heavy atom. The van der Waals surface area contributed by atoms with Gasteiger partial charge in [-0.3, -0.25) is 24.8 Å². The maximum atomic E-state index is 14.1. The number of aryl methyl sites for hydroxylation is 5. The summed E-state index contributed by atoms with van der Waals surface area (Å²) in [5.74, 6) is -2.20. The summed E-state index contributed by atoms with van der Waals surface area (Å²) in [7, 11) is 0. The molecule has 204 valence electrons. The van der Waals surface area contributed by atoms with Gasteiger partial charge in [-0.15, -0.1) is 0 Å². The fourth-order valence-corrected chi connectivity index (χ4v) is 5.40. The Bertz CT molecular complexity index is 1760. The molecule has 0 saturated carbocycles. The Morgan fingerprint density at radius 1 is 0.850 bits per heavy atom. The van der Waals surface area contributed by atoms with Crippen LogP contribution in [-0.2, 0) is 4.79 Å². The molecule has 1 aliphatic heterocycles. The van der Waals surface area contributed by atoms with E-state index in [4.69, 9.17) is 0 Å². The van der Waals surface area contributed by atoms with Crippen LogP contribution in [0.15, 0.2) is 70.6 Å². The maximum Gasteiger partial charge on any atom is 0.275 e. The van der Waals surface area contributed by atoms with E-state index >= 15 is 0 Å². The van der Waals surface area contributed by atoms with Crippen LogP contribution in [0.1, 0.15) is 51.9 Å². The average molecular weight is 538 g/mol. The number of hydrazone groups is 1. The highest BCUT2D eigenvalue weighted by atomic mass is 16.6. The van der Waals surface area contributed by atoms with Gasteiger partial charge >= 0.3 is 0 Å². The van der Waals surface area contributed by atoms with Crippen molar-refractivity contribution in [3.63, 3.8) is 0 Å². The number of benzene rings is 3. The maximum absolute atomic E-state index is 14.1. The molecule has 1 aromatic heterocycles. The molecule has 0 saturated heterocycles. The number of hydrogen-bond donors (Lipinski definition) is 1. The molecule has 1 N–H and O–H groups in total. The number of nitrogens with zero attached hydrogens (tertiary/aromatic N) is 4. The largest absolute Gasteiger partial charge is 0.295 e. The quantitative estimate of drug-likeness (QED) is 0.248. The predicted molar refractivity (Wildman–Crippen MR) is 156 cm³/mol. The lowest BCUT2D eigenvalue weighted by Crippen LogP contribution is -2.34. The van der Waals surface area contributed by atoms with Crippen molar-refractivity contribution in [3.8, 4) is 5.69 Å². The van der Waals surface area contributed by atoms with E-state index in [1.807, 2.05) is 64.1 Å². The number of aromatic amines is 1. The lowest BCUT2D eigenvalue weighted by Gasteiger charge is -2.23. The third-order valence-electron chi connectivity index (χ3n) is 7.90. The van der Waals surface area contributed by atoms with E-state index in [9.17, 15) is 19.7 Å². The Kier molecular flexibility index (Phi) is 6.75. The second-order valence-corrected chi connectivity index (χ2v) is 10.5. The molecule has 9 nitrogen and oxygen atoms in total. The van der Waals surface area contributed by atoms with Crippen LogP contribution in [0.3, 0.4) is 0 Å². The van der Waals surface area contributed by atoms with Gasteiger partial charge in [0.15, 0.2) is 0 Å². The summed E-state index contributed by atoms with van der Waals surface area (Å²) in [6.07, 6.45) is 0. The average Bonchev–Trinajstić information content (AvgIpc) is 3.38. The summed E-state index contributed by atoms with van der Waals surface area (Å²) in [5, 5.41) is 21.2. The van der Waals surface area contributed by atoms with Crippen LogP contribution in [-0.4, -0.2) is 26.3 Å². The second-order valence-electron chi connectivity index (χ2n) is 10.5. The number of para-hydroxylation sites is 1. The lowest BCUT2D eigenvalue weighted by atomic mass is 9.77. The van der Waals surface area contributed by atoms with Gasteiger partial charge in [0.05, 0.1) is 22.2 Å². The molecule has 2 atom stereocenters. The van der Waals surface area contributed by atoms with Crippen molar-refractivity contribution < 1.29 is 9.72 Å². The number of nitrogens with one attached hydrogen (secondary N) is 1. The van der Waals surface area contributed by atoms with Crippen LogP contribution in [0, 0.1) is 50.7 Å². The minimum atomic E-state index is -0.939. The van der Waals surface area contributed by atoms with Crippen molar-refractivity contribution in [2.45, 2.75) is 47.5 Å². The van der Waals surface area contributed by atoms with E-state index in [2.05, 4.69) is 10.2 Å². The van der Waals surface area contributed by atoms with Crippen molar-refractivity contribution in [1.29, 1.82) is 0 Å². The number of H-pyrrole nitrogens is 1. The van der Waals surface area contributed by atoms with Crippen molar-refractivity contribution in [3.05, 3.63) is 120 Å². The number of amides is 1. The van der Waals surface area contributed by atoms with Crippen LogP contribution in [0.2, 0.25) is 0 Å². The van der Waals surface area contributed by atoms with E-state index in [1.165, 1.54) is 15.8 Å². The summed E-state index contributed by atoms with van der Waals surface area (Å²) < 4.78 is 1.44. The predicted octanol–water partition coefficient (Wildman–Crippen LogP) is 5.79. The molecule has 3 aromatic carbocycles. The summed E-state index contributed by atoms with van der Waals surface area (Å²) in [6.45, 7) is 11.4. The molecule has 2 heterocycles. The minimum Gasteiger partial charge on any atom is -0.295 e. The third-order valence-corrected chi connectivity index (χ3v) is 7.90. The van der Waals surface area contributed by atoms with Crippen LogP contribution < -0.4 is 10.6 Å². The minimum absolute atomic E-state index is 0.157. The van der Waals surface area contributed by atoms with Gasteiger partial charge in [-0.2, -0.15) is 5.10 Å². The monoisotopic (exact) mass is 537 g/mol. The highest BCUT2D eigenvalue weighted by molar-refractivity contribution is 6.15. The van der Waals surface area contributed by atoms with Gasteiger partial charge < -0.3 is 0 Å². The Hall–Kier alpha value is -4.79. The zero-order valence-corrected chi connectivity index (χ0v) is 23.4. The Morgan fingerprint density at radius 2 is 1.45 bits per heavy atom. The zero-order valence-electron chi connectivity index (χ0n) is 23.4. The van der Waals surface area contributed by atoms with E-state index in [0.29, 0.717) is 28.3 Å². The first-order valence-corrected chi connectivity index (χ1v) is 13.1. The number of carbonyl (C=O) groups excluding carboxylic acids is 1. The fraction of sp³-hybridized carbons (Fsp3) is 0.258. The van der Waals surface area contributed by atoms with Crippen LogP contribution in [0.25, 0.3) is 5.69 Å². The molecule has 0 aliphatic carbocycles. The molecular weight excluding hydrogens is 506 g/mol. The molecule has 0 radical (unpaired) electrons. The van der Waals surface area contributed by atoms with Crippen molar-refractivity contribution in [1.82, 2.24) is 9.78 Å². The molecule has 9 heteroatoms. The van der Waals surface area contributed by atoms with Crippen LogP contribution in [0.5, 0.6) is 0 Å². The molecule has 40 heavy (non-hydrogen) atoms. The molecule has 0 spiro atoms. The smallest absolute Gasteiger partial charge is 0.275 e. The van der Waals surface area contributed by atoms with E-state index < -0.39 is 16.8 Å². The standard InChI is InChI=1S/C31H31N5O4/c1-17-11-13-23(15-19(17)3)34-30(37)27(21(5)32-34)29(25-9-7-8-10-26(25)36(39)40)28-22(6)33-35(31(28)38)24-14-12-18(2)20(4)16-24/h7-16,27,29,33H,1-6H3/t27-,29+/m1/s1. The number of anilines is 1. The second kappa shape index (κ2) is 10.1. The Labute approximate surface area is 231 Å². The molecular formula is C31H31N5O4. The Balaban J connectivity index is 1.71. The van der Waals surface area contributed by atoms with E-state index in [0.717, 1.165) is 22.3 Å². The molecule has 1 amide bonds. The van der Waals surface area contributed by atoms with E-state index in [-0.39, 0.29) is 22.7 Å². The molecule has 0 unspecified atom stereocenters. The van der Waals surface area contributed by atoms with Crippen molar-refractivity contribution >= 4 is 23.0 Å². The van der Waals surface area contributed by atoms with Gasteiger partial charge in [0.2, 0.25) is 0 Å². The SMILES string of the molecule is CC1=NN(c2ccc(C)c(C)c2)C(=O)[C@H]1[C@H](c1ccccc1[N+](=O)[O-])c1c(C)[nH]n(-c2ccc(C)c(C)c2)c1=O. The number of nitro benzene ring substituents is 1. The van der Waals surface area contributed by atoms with Gasteiger partial charge in [0.25, 0.3) is 17.2 Å².